The molecule has 10 unspecified atom stereocenters. The predicted molar refractivity (Wildman–Crippen MR) is 164 cm³/mol. The van der Waals surface area contributed by atoms with Gasteiger partial charge in [0.15, 0.2) is 29.2 Å². The minimum atomic E-state index is -1.97. The van der Waals surface area contributed by atoms with Crippen LogP contribution < -0.4 is 14.9 Å². The lowest BCUT2D eigenvalue weighted by Gasteiger charge is -2.46. The van der Waals surface area contributed by atoms with E-state index in [2.05, 4.69) is 0 Å². The number of ether oxygens (including phenoxy) is 7. The molecule has 0 bridgehead atoms. The van der Waals surface area contributed by atoms with Gasteiger partial charge >= 0.3 is 11.9 Å². The Bertz CT molecular complexity index is 1740. The van der Waals surface area contributed by atoms with Gasteiger partial charge in [-0.05, 0) is 24.3 Å². The van der Waals surface area contributed by atoms with Crippen molar-refractivity contribution in [2.24, 2.45) is 0 Å². The number of fused-ring (bicyclic) bond motifs is 1. The molecule has 2 fully saturated rings. The summed E-state index contributed by atoms with van der Waals surface area (Å²) in [4.78, 5) is 35.9. The van der Waals surface area contributed by atoms with Crippen molar-refractivity contribution in [3.05, 3.63) is 46.6 Å². The van der Waals surface area contributed by atoms with Gasteiger partial charge in [0.25, 0.3) is 0 Å². The van der Waals surface area contributed by atoms with E-state index < -0.39 is 120 Å². The van der Waals surface area contributed by atoms with Crippen molar-refractivity contribution < 1.29 is 82.9 Å². The molecule has 0 amide bonds. The second-order valence-electron chi connectivity index (χ2n) is 11.5. The predicted octanol–water partition coefficient (Wildman–Crippen LogP) is -0.976. The fourth-order valence-corrected chi connectivity index (χ4v) is 5.40. The molecule has 0 spiro atoms. The lowest BCUT2D eigenvalue weighted by Crippen LogP contribution is -2.65. The molecule has 2 aliphatic rings. The highest BCUT2D eigenvalue weighted by Gasteiger charge is 2.52. The summed E-state index contributed by atoms with van der Waals surface area (Å²) >= 11 is 0. The summed E-state index contributed by atoms with van der Waals surface area (Å²) in [6, 6.07) is 8.33. The Labute approximate surface area is 282 Å². The van der Waals surface area contributed by atoms with Crippen LogP contribution in [0.5, 0.6) is 23.0 Å². The van der Waals surface area contributed by atoms with Crippen molar-refractivity contribution >= 4 is 22.9 Å². The molecule has 7 N–H and O–H groups in total. The standard InChI is InChI=1S/C32H36O18/c1-12(33)44-10-20-23(37)26(40)28(42)31(48-20)50-30-27(41)24(38)21(11-45-13(2)34)49-32(30)47-19-9-17(36)22-16(35)8-18(46-29(22)25(19)39)14-4-6-15(43-3)7-5-14/h4-9,20-21,23-24,26-28,30-32,36-42H,10-11H2,1-3H3. The number of rotatable bonds is 10. The van der Waals surface area contributed by atoms with E-state index in [4.69, 9.17) is 37.6 Å². The monoisotopic (exact) mass is 708 g/mol. The average molecular weight is 709 g/mol. The Morgan fingerprint density at radius 3 is 1.94 bits per heavy atom. The normalized spacial score (nSPS) is 29.7. The van der Waals surface area contributed by atoms with Gasteiger partial charge in [-0.2, -0.15) is 0 Å². The number of esters is 2. The van der Waals surface area contributed by atoms with E-state index in [1.54, 1.807) is 24.3 Å². The largest absolute Gasteiger partial charge is 0.507 e. The maximum Gasteiger partial charge on any atom is 0.302 e. The van der Waals surface area contributed by atoms with E-state index in [1.807, 2.05) is 0 Å². The molecule has 2 aliphatic heterocycles. The van der Waals surface area contributed by atoms with Crippen LogP contribution in [0.3, 0.4) is 0 Å². The Morgan fingerprint density at radius 1 is 0.780 bits per heavy atom. The third-order valence-corrected chi connectivity index (χ3v) is 8.04. The van der Waals surface area contributed by atoms with Crippen molar-refractivity contribution in [2.75, 3.05) is 20.3 Å². The molecule has 3 heterocycles. The van der Waals surface area contributed by atoms with E-state index in [0.29, 0.717) is 11.3 Å². The maximum absolute atomic E-state index is 13.0. The number of aliphatic hydroxyl groups is 5. The van der Waals surface area contributed by atoms with Gasteiger partial charge in [0, 0.05) is 31.5 Å². The second kappa shape index (κ2) is 15.2. The number of hydrogen-bond acceptors (Lipinski definition) is 18. The third-order valence-electron chi connectivity index (χ3n) is 8.04. The first kappa shape index (κ1) is 36.7. The fraction of sp³-hybridized carbons (Fsp3) is 0.469. The van der Waals surface area contributed by atoms with Crippen LogP contribution in [0.2, 0.25) is 0 Å². The molecule has 3 aromatic rings. The first-order chi connectivity index (χ1) is 23.7. The van der Waals surface area contributed by atoms with Crippen molar-refractivity contribution in [1.29, 1.82) is 0 Å². The number of methoxy groups -OCH3 is 1. The minimum absolute atomic E-state index is 0.000365. The van der Waals surface area contributed by atoms with Gasteiger partial charge in [-0.3, -0.25) is 14.4 Å². The summed E-state index contributed by atoms with van der Waals surface area (Å²) in [6.07, 6.45) is -17.9. The molecule has 18 heteroatoms. The number of carbonyl (C=O) groups is 2. The summed E-state index contributed by atoms with van der Waals surface area (Å²) in [6.45, 7) is 1.02. The first-order valence-corrected chi connectivity index (χ1v) is 15.2. The number of aromatic hydroxyl groups is 2. The number of aliphatic hydroxyl groups excluding tert-OH is 5. The number of benzene rings is 2. The summed E-state index contributed by atoms with van der Waals surface area (Å²) in [5.74, 6) is -3.05. The zero-order valence-corrected chi connectivity index (χ0v) is 26.8. The van der Waals surface area contributed by atoms with Crippen LogP contribution in [-0.4, -0.2) is 129 Å². The van der Waals surface area contributed by atoms with Crippen LogP contribution in [0.1, 0.15) is 13.8 Å². The maximum atomic E-state index is 13.0. The first-order valence-electron chi connectivity index (χ1n) is 15.2. The fourth-order valence-electron chi connectivity index (χ4n) is 5.40. The number of phenols is 2. The molecular formula is C32H36O18. The van der Waals surface area contributed by atoms with Crippen molar-refractivity contribution in [2.45, 2.75) is 75.3 Å². The molecular weight excluding hydrogens is 672 g/mol. The highest BCUT2D eigenvalue weighted by molar-refractivity contribution is 5.91. The topological polar surface area (TPSA) is 271 Å². The van der Waals surface area contributed by atoms with E-state index in [-0.39, 0.29) is 5.76 Å². The van der Waals surface area contributed by atoms with E-state index in [9.17, 15) is 50.1 Å². The van der Waals surface area contributed by atoms with E-state index in [0.717, 1.165) is 26.0 Å². The van der Waals surface area contributed by atoms with Crippen LogP contribution in [0.15, 0.2) is 45.6 Å². The Kier molecular flexibility index (Phi) is 11.1. The quantitative estimate of drug-likeness (QED) is 0.0985. The minimum Gasteiger partial charge on any atom is -0.507 e. The SMILES string of the molecule is COc1ccc(-c2cc(=O)c3c(O)cc(OC4OC(COC(C)=O)C(O)C(O)C4OC4OC(COC(C)=O)C(O)C(O)C4O)c(O)c3o2)cc1. The number of phenolic OH excluding ortho intramolecular Hbond substituents is 2. The Balaban J connectivity index is 1.50. The van der Waals surface area contributed by atoms with E-state index in [1.165, 1.54) is 7.11 Å². The van der Waals surface area contributed by atoms with Gasteiger partial charge in [-0.15, -0.1) is 0 Å². The molecule has 272 valence electrons. The summed E-state index contributed by atoms with van der Waals surface area (Å²) in [5.41, 5.74) is -0.811. The molecule has 18 nitrogen and oxygen atoms in total. The molecule has 0 radical (unpaired) electrons. The van der Waals surface area contributed by atoms with Crippen LogP contribution >= 0.6 is 0 Å². The molecule has 50 heavy (non-hydrogen) atoms. The molecule has 2 saturated heterocycles. The third kappa shape index (κ3) is 7.62. The second-order valence-corrected chi connectivity index (χ2v) is 11.5. The smallest absolute Gasteiger partial charge is 0.302 e. The van der Waals surface area contributed by atoms with Gasteiger partial charge in [-0.1, -0.05) is 0 Å². The summed E-state index contributed by atoms with van der Waals surface area (Å²) in [5, 5.41) is 75.1. The van der Waals surface area contributed by atoms with Gasteiger partial charge < -0.3 is 73.3 Å². The molecule has 2 aromatic carbocycles. The molecule has 0 aliphatic carbocycles. The Hall–Kier alpha value is -4.53. The van der Waals surface area contributed by atoms with Crippen molar-refractivity contribution in [3.8, 4) is 34.3 Å². The molecule has 0 saturated carbocycles. The van der Waals surface area contributed by atoms with Crippen LogP contribution in [0.4, 0.5) is 0 Å². The van der Waals surface area contributed by atoms with Crippen LogP contribution in [0, 0.1) is 0 Å². The molecule has 1 aromatic heterocycles. The van der Waals surface area contributed by atoms with Crippen molar-refractivity contribution in [1.82, 2.24) is 0 Å². The van der Waals surface area contributed by atoms with Crippen LogP contribution in [-0.2, 0) is 33.3 Å². The number of carbonyl (C=O) groups excluding carboxylic acids is 2. The number of hydrogen-bond donors (Lipinski definition) is 7. The van der Waals surface area contributed by atoms with E-state index >= 15 is 0 Å². The summed E-state index contributed by atoms with van der Waals surface area (Å²) in [7, 11) is 1.47. The van der Waals surface area contributed by atoms with Gasteiger partial charge in [0.2, 0.25) is 12.0 Å². The highest BCUT2D eigenvalue weighted by Crippen LogP contribution is 2.42. The Morgan fingerprint density at radius 2 is 1.36 bits per heavy atom. The molecule has 10 atom stereocenters. The zero-order valence-electron chi connectivity index (χ0n) is 26.8. The van der Waals surface area contributed by atoms with Crippen LogP contribution in [0.25, 0.3) is 22.3 Å². The van der Waals surface area contributed by atoms with Crippen molar-refractivity contribution in [3.63, 3.8) is 0 Å². The highest BCUT2D eigenvalue weighted by atomic mass is 16.8. The van der Waals surface area contributed by atoms with Gasteiger partial charge in [0.05, 0.1) is 7.11 Å². The molecule has 5 rings (SSSR count). The van der Waals surface area contributed by atoms with Gasteiger partial charge in [-0.25, -0.2) is 0 Å². The zero-order chi connectivity index (χ0) is 36.4. The summed E-state index contributed by atoms with van der Waals surface area (Å²) < 4.78 is 43.6. The van der Waals surface area contributed by atoms with Gasteiger partial charge in [0.1, 0.15) is 78.6 Å². The average Bonchev–Trinajstić information content (AvgIpc) is 3.08. The lowest BCUT2D eigenvalue weighted by molar-refractivity contribution is -0.358. The lowest BCUT2D eigenvalue weighted by atomic mass is 9.97.